The van der Waals surface area contributed by atoms with E-state index in [1.54, 1.807) is 12.3 Å². The standard InChI is InChI=1S/C13H13N3O/c14-13(17)6-5-12-4-2-8-16(12)10-11-3-1-7-15-9-11/h1-9H,10H2,(H2,14,17)/b6-5+. The first-order chi connectivity index (χ1) is 8.25. The monoisotopic (exact) mass is 227 g/mol. The van der Waals surface area contributed by atoms with E-state index in [1.807, 2.05) is 41.2 Å². The Hall–Kier alpha value is -2.36. The molecule has 0 aliphatic rings. The van der Waals surface area contributed by atoms with Crippen LogP contribution in [0.2, 0.25) is 0 Å². The average Bonchev–Trinajstić information content (AvgIpc) is 2.75. The molecule has 0 radical (unpaired) electrons. The quantitative estimate of drug-likeness (QED) is 0.803. The zero-order valence-electron chi connectivity index (χ0n) is 9.28. The van der Waals surface area contributed by atoms with Crippen molar-refractivity contribution < 1.29 is 4.79 Å². The Kier molecular flexibility index (Phi) is 3.35. The zero-order chi connectivity index (χ0) is 12.1. The summed E-state index contributed by atoms with van der Waals surface area (Å²) in [7, 11) is 0. The van der Waals surface area contributed by atoms with Gasteiger partial charge in [-0.2, -0.15) is 0 Å². The number of pyridine rings is 1. The number of primary amides is 1. The summed E-state index contributed by atoms with van der Waals surface area (Å²) < 4.78 is 2.02. The molecule has 0 aliphatic carbocycles. The number of aromatic nitrogens is 2. The maximum atomic E-state index is 10.7. The van der Waals surface area contributed by atoms with E-state index in [-0.39, 0.29) is 0 Å². The first-order valence-electron chi connectivity index (χ1n) is 5.27. The number of carbonyl (C=O) groups excluding carboxylic acids is 1. The predicted molar refractivity (Wildman–Crippen MR) is 66.0 cm³/mol. The largest absolute Gasteiger partial charge is 0.366 e. The van der Waals surface area contributed by atoms with Crippen LogP contribution in [0.15, 0.2) is 48.9 Å². The van der Waals surface area contributed by atoms with Crippen molar-refractivity contribution in [3.05, 3.63) is 60.2 Å². The lowest BCUT2D eigenvalue weighted by atomic mass is 10.3. The zero-order valence-corrected chi connectivity index (χ0v) is 9.28. The van der Waals surface area contributed by atoms with Crippen molar-refractivity contribution in [2.45, 2.75) is 6.54 Å². The number of carbonyl (C=O) groups is 1. The van der Waals surface area contributed by atoms with Gasteiger partial charge in [-0.05, 0) is 29.8 Å². The fourth-order valence-electron chi connectivity index (χ4n) is 1.58. The highest BCUT2D eigenvalue weighted by atomic mass is 16.1. The first-order valence-corrected chi connectivity index (χ1v) is 5.27. The Morgan fingerprint density at radius 3 is 3.00 bits per heavy atom. The molecular weight excluding hydrogens is 214 g/mol. The summed E-state index contributed by atoms with van der Waals surface area (Å²) in [6, 6.07) is 7.76. The highest BCUT2D eigenvalue weighted by Crippen LogP contribution is 2.08. The van der Waals surface area contributed by atoms with Gasteiger partial charge in [0, 0.05) is 36.9 Å². The van der Waals surface area contributed by atoms with Crippen LogP contribution >= 0.6 is 0 Å². The van der Waals surface area contributed by atoms with E-state index in [0.29, 0.717) is 0 Å². The third-order valence-electron chi connectivity index (χ3n) is 2.36. The third kappa shape index (κ3) is 3.04. The molecule has 4 nitrogen and oxygen atoms in total. The van der Waals surface area contributed by atoms with Gasteiger partial charge in [0.1, 0.15) is 0 Å². The number of hydrogen-bond acceptors (Lipinski definition) is 2. The molecule has 0 saturated heterocycles. The van der Waals surface area contributed by atoms with Crippen LogP contribution in [0.1, 0.15) is 11.3 Å². The fourth-order valence-corrected chi connectivity index (χ4v) is 1.58. The van der Waals surface area contributed by atoms with Crippen molar-refractivity contribution in [1.29, 1.82) is 0 Å². The molecule has 0 spiro atoms. The van der Waals surface area contributed by atoms with Crippen molar-refractivity contribution >= 4 is 12.0 Å². The van der Waals surface area contributed by atoms with Crippen molar-refractivity contribution in [2.75, 3.05) is 0 Å². The molecule has 86 valence electrons. The number of nitrogens with two attached hydrogens (primary N) is 1. The minimum atomic E-state index is -0.445. The lowest BCUT2D eigenvalue weighted by molar-refractivity contribution is -0.113. The van der Waals surface area contributed by atoms with Crippen LogP contribution in [-0.2, 0) is 11.3 Å². The maximum absolute atomic E-state index is 10.7. The van der Waals surface area contributed by atoms with Crippen LogP contribution in [0, 0.1) is 0 Å². The van der Waals surface area contributed by atoms with E-state index in [9.17, 15) is 4.79 Å². The summed E-state index contributed by atoms with van der Waals surface area (Å²) in [5.74, 6) is -0.445. The van der Waals surface area contributed by atoms with E-state index in [0.717, 1.165) is 17.8 Å². The fraction of sp³-hybridized carbons (Fsp3) is 0.0769. The average molecular weight is 227 g/mol. The van der Waals surface area contributed by atoms with Crippen molar-refractivity contribution in [3.63, 3.8) is 0 Å². The van der Waals surface area contributed by atoms with Crippen molar-refractivity contribution in [3.8, 4) is 0 Å². The number of amides is 1. The summed E-state index contributed by atoms with van der Waals surface area (Å²) in [5.41, 5.74) is 7.11. The van der Waals surface area contributed by atoms with Crippen LogP contribution in [0.4, 0.5) is 0 Å². The molecule has 17 heavy (non-hydrogen) atoms. The molecule has 0 aliphatic heterocycles. The molecular formula is C13H13N3O. The SMILES string of the molecule is NC(=O)/C=C/c1cccn1Cc1cccnc1. The van der Waals surface area contributed by atoms with Crippen LogP contribution in [-0.4, -0.2) is 15.5 Å². The summed E-state index contributed by atoms with van der Waals surface area (Å²) in [4.78, 5) is 14.7. The summed E-state index contributed by atoms with van der Waals surface area (Å²) in [5, 5.41) is 0. The van der Waals surface area contributed by atoms with E-state index < -0.39 is 5.91 Å². The number of rotatable bonds is 4. The number of nitrogens with zero attached hydrogens (tertiary/aromatic N) is 2. The summed E-state index contributed by atoms with van der Waals surface area (Å²) in [6.07, 6.45) is 8.58. The van der Waals surface area contributed by atoms with Gasteiger partial charge in [-0.25, -0.2) is 0 Å². The van der Waals surface area contributed by atoms with E-state index in [2.05, 4.69) is 4.98 Å². The normalized spacial score (nSPS) is 10.8. The molecule has 2 aromatic rings. The van der Waals surface area contributed by atoms with Gasteiger partial charge in [0.05, 0.1) is 0 Å². The lowest BCUT2D eigenvalue weighted by Crippen LogP contribution is -2.06. The Morgan fingerprint density at radius 1 is 1.41 bits per heavy atom. The molecule has 1 amide bonds. The molecule has 2 heterocycles. The molecule has 0 atom stereocenters. The second-order valence-electron chi connectivity index (χ2n) is 3.66. The summed E-state index contributed by atoms with van der Waals surface area (Å²) in [6.45, 7) is 0.722. The molecule has 0 saturated carbocycles. The maximum Gasteiger partial charge on any atom is 0.241 e. The van der Waals surface area contributed by atoms with Crippen LogP contribution < -0.4 is 5.73 Å². The molecule has 0 unspecified atom stereocenters. The van der Waals surface area contributed by atoms with Crippen LogP contribution in [0.5, 0.6) is 0 Å². The van der Waals surface area contributed by atoms with Crippen LogP contribution in [0.25, 0.3) is 6.08 Å². The topological polar surface area (TPSA) is 60.9 Å². The lowest BCUT2D eigenvalue weighted by Gasteiger charge is -2.05. The summed E-state index contributed by atoms with van der Waals surface area (Å²) >= 11 is 0. The molecule has 2 aromatic heterocycles. The van der Waals surface area contributed by atoms with E-state index in [4.69, 9.17) is 5.73 Å². The highest BCUT2D eigenvalue weighted by Gasteiger charge is 1.99. The van der Waals surface area contributed by atoms with Crippen molar-refractivity contribution in [2.24, 2.45) is 5.73 Å². The first kappa shape index (κ1) is 11.1. The number of hydrogen-bond donors (Lipinski definition) is 1. The Morgan fingerprint density at radius 2 is 2.29 bits per heavy atom. The molecule has 2 rings (SSSR count). The van der Waals surface area contributed by atoms with Gasteiger partial charge in [-0.1, -0.05) is 6.07 Å². The van der Waals surface area contributed by atoms with Crippen LogP contribution in [0.3, 0.4) is 0 Å². The molecule has 0 bridgehead atoms. The van der Waals surface area contributed by atoms with Gasteiger partial charge in [0.25, 0.3) is 0 Å². The highest BCUT2D eigenvalue weighted by molar-refractivity contribution is 5.90. The minimum absolute atomic E-state index is 0.445. The second-order valence-corrected chi connectivity index (χ2v) is 3.66. The molecule has 2 N–H and O–H groups in total. The second kappa shape index (κ2) is 5.12. The van der Waals surface area contributed by atoms with Gasteiger partial charge in [-0.15, -0.1) is 0 Å². The smallest absolute Gasteiger partial charge is 0.241 e. The molecule has 0 fully saturated rings. The Balaban J connectivity index is 2.17. The molecule has 0 aromatic carbocycles. The van der Waals surface area contributed by atoms with Gasteiger partial charge >= 0.3 is 0 Å². The predicted octanol–water partition coefficient (Wildman–Crippen LogP) is 1.43. The van der Waals surface area contributed by atoms with Gasteiger partial charge in [0.15, 0.2) is 0 Å². The van der Waals surface area contributed by atoms with Gasteiger partial charge in [0.2, 0.25) is 5.91 Å². The third-order valence-corrected chi connectivity index (χ3v) is 2.36. The Bertz CT molecular complexity index is 529. The minimum Gasteiger partial charge on any atom is -0.366 e. The van der Waals surface area contributed by atoms with E-state index >= 15 is 0 Å². The molecule has 4 heteroatoms. The van der Waals surface area contributed by atoms with E-state index in [1.165, 1.54) is 6.08 Å². The van der Waals surface area contributed by atoms with Gasteiger partial charge < -0.3 is 10.3 Å². The Labute approximate surface area is 99.4 Å². The van der Waals surface area contributed by atoms with Crippen molar-refractivity contribution in [1.82, 2.24) is 9.55 Å². The van der Waals surface area contributed by atoms with Gasteiger partial charge in [-0.3, -0.25) is 9.78 Å².